The molecule has 0 atom stereocenters. The van der Waals surface area contributed by atoms with Crippen molar-refractivity contribution in [3.05, 3.63) is 200 Å². The van der Waals surface area contributed by atoms with Crippen molar-refractivity contribution in [1.82, 2.24) is 0 Å². The van der Waals surface area contributed by atoms with Crippen LogP contribution in [0.2, 0.25) is 0 Å². The van der Waals surface area contributed by atoms with E-state index < -0.39 is 0 Å². The predicted molar refractivity (Wildman–Crippen MR) is 220 cm³/mol. The van der Waals surface area contributed by atoms with Gasteiger partial charge < -0.3 is 9.32 Å². The number of anilines is 3. The van der Waals surface area contributed by atoms with Gasteiger partial charge in [0.1, 0.15) is 11.2 Å². The summed E-state index contributed by atoms with van der Waals surface area (Å²) in [6, 6.07) is 71.7. The largest absolute Gasteiger partial charge is 0.456 e. The summed E-state index contributed by atoms with van der Waals surface area (Å²) in [6.07, 6.45) is 0. The molecule has 0 radical (unpaired) electrons. The fourth-order valence-electron chi connectivity index (χ4n) is 7.67. The minimum atomic E-state index is 0.917. The Morgan fingerprint density at radius 2 is 0.808 bits per heavy atom. The number of nitrogens with zero attached hydrogens (tertiary/aromatic N) is 1. The lowest BCUT2D eigenvalue weighted by Gasteiger charge is -2.26. The summed E-state index contributed by atoms with van der Waals surface area (Å²) in [7, 11) is 0. The fourth-order valence-corrected chi connectivity index (χ4v) is 7.67. The first-order valence-electron chi connectivity index (χ1n) is 17.8. The minimum Gasteiger partial charge on any atom is -0.456 e. The van der Waals surface area contributed by atoms with Gasteiger partial charge in [-0.2, -0.15) is 0 Å². The molecule has 10 aromatic rings. The number of furan rings is 1. The second-order valence-electron chi connectivity index (χ2n) is 13.3. The van der Waals surface area contributed by atoms with Crippen LogP contribution in [0, 0.1) is 0 Å². The highest BCUT2D eigenvalue weighted by atomic mass is 16.3. The van der Waals surface area contributed by atoms with E-state index in [2.05, 4.69) is 193 Å². The number of fused-ring (bicyclic) bond motifs is 6. The van der Waals surface area contributed by atoms with E-state index in [-0.39, 0.29) is 0 Å². The number of benzene rings is 9. The number of hydrogen-bond donors (Lipinski definition) is 0. The zero-order valence-corrected chi connectivity index (χ0v) is 28.4. The molecule has 1 heterocycles. The Hall–Kier alpha value is -6.90. The lowest BCUT2D eigenvalue weighted by atomic mass is 9.93. The normalized spacial score (nSPS) is 11.5. The van der Waals surface area contributed by atoms with Crippen LogP contribution in [0.15, 0.2) is 205 Å². The maximum atomic E-state index is 6.23. The zero-order chi connectivity index (χ0) is 34.4. The van der Waals surface area contributed by atoms with Gasteiger partial charge in [-0.3, -0.25) is 0 Å². The van der Waals surface area contributed by atoms with Crippen LogP contribution in [0.25, 0.3) is 76.9 Å². The van der Waals surface area contributed by atoms with Crippen LogP contribution in [-0.4, -0.2) is 0 Å². The molecular weight excluding hydrogens is 631 g/mol. The molecule has 10 rings (SSSR count). The summed E-state index contributed by atoms with van der Waals surface area (Å²) >= 11 is 0. The smallest absolute Gasteiger partial charge is 0.136 e. The van der Waals surface area contributed by atoms with Crippen LogP contribution in [0.4, 0.5) is 17.1 Å². The van der Waals surface area contributed by atoms with Crippen LogP contribution in [0.5, 0.6) is 0 Å². The molecule has 0 amide bonds. The molecule has 0 saturated heterocycles. The van der Waals surface area contributed by atoms with E-state index in [1.54, 1.807) is 0 Å². The van der Waals surface area contributed by atoms with Gasteiger partial charge in [0.2, 0.25) is 0 Å². The molecule has 0 unspecified atom stereocenters. The lowest BCUT2D eigenvalue weighted by molar-refractivity contribution is 0.669. The van der Waals surface area contributed by atoms with Crippen molar-refractivity contribution in [2.45, 2.75) is 0 Å². The van der Waals surface area contributed by atoms with Crippen molar-refractivity contribution in [2.24, 2.45) is 0 Å². The Kier molecular flexibility index (Phi) is 7.18. The molecule has 0 fully saturated rings. The van der Waals surface area contributed by atoms with Gasteiger partial charge in [0.15, 0.2) is 0 Å². The molecule has 0 spiro atoms. The topological polar surface area (TPSA) is 16.4 Å². The van der Waals surface area contributed by atoms with E-state index in [4.69, 9.17) is 4.42 Å². The molecule has 0 N–H and O–H groups in total. The Morgan fingerprint density at radius 1 is 0.288 bits per heavy atom. The molecule has 0 bridgehead atoms. The zero-order valence-electron chi connectivity index (χ0n) is 28.4. The summed E-state index contributed by atoms with van der Waals surface area (Å²) in [6.45, 7) is 0. The molecule has 9 aromatic carbocycles. The average molecular weight is 664 g/mol. The van der Waals surface area contributed by atoms with Gasteiger partial charge in [0.25, 0.3) is 0 Å². The van der Waals surface area contributed by atoms with Crippen molar-refractivity contribution in [1.29, 1.82) is 0 Å². The first-order chi connectivity index (χ1) is 25.8. The average Bonchev–Trinajstić information content (AvgIpc) is 3.59. The molecule has 244 valence electrons. The van der Waals surface area contributed by atoms with Crippen LogP contribution in [-0.2, 0) is 0 Å². The molecule has 0 aliphatic heterocycles. The Morgan fingerprint density at radius 3 is 1.56 bits per heavy atom. The van der Waals surface area contributed by atoms with E-state index in [1.165, 1.54) is 54.9 Å². The van der Waals surface area contributed by atoms with E-state index in [0.29, 0.717) is 0 Å². The highest BCUT2D eigenvalue weighted by Crippen LogP contribution is 2.40. The maximum Gasteiger partial charge on any atom is 0.136 e. The second kappa shape index (κ2) is 12.5. The van der Waals surface area contributed by atoms with Crippen molar-refractivity contribution in [3.8, 4) is 33.4 Å². The monoisotopic (exact) mass is 663 g/mol. The Labute approximate surface area is 302 Å². The molecule has 0 saturated carbocycles. The van der Waals surface area contributed by atoms with Gasteiger partial charge in [-0.25, -0.2) is 0 Å². The molecule has 52 heavy (non-hydrogen) atoms. The lowest BCUT2D eigenvalue weighted by Crippen LogP contribution is -2.09. The first kappa shape index (κ1) is 30.0. The fraction of sp³-hybridized carbons (Fsp3) is 0. The Balaban J connectivity index is 1.03. The van der Waals surface area contributed by atoms with Crippen molar-refractivity contribution >= 4 is 60.5 Å². The van der Waals surface area contributed by atoms with Crippen LogP contribution < -0.4 is 4.90 Å². The minimum absolute atomic E-state index is 0.917. The van der Waals surface area contributed by atoms with Crippen LogP contribution in [0.1, 0.15) is 0 Å². The van der Waals surface area contributed by atoms with Gasteiger partial charge >= 0.3 is 0 Å². The third kappa shape index (κ3) is 5.21. The molecule has 1 aromatic heterocycles. The van der Waals surface area contributed by atoms with Gasteiger partial charge in [0.05, 0.1) is 0 Å². The number of rotatable bonds is 6. The SMILES string of the molecule is c1ccc(-c2ccccc2-c2ccc(-c3ccc(N(c4ccccc4)c4ccc5ccc6cc7oc8ccccc8c7cc6c5c4)cc3)cc2)cc1. The number of hydrogen-bond acceptors (Lipinski definition) is 2. The van der Waals surface area contributed by atoms with Crippen LogP contribution in [0.3, 0.4) is 0 Å². The highest BCUT2D eigenvalue weighted by molar-refractivity contribution is 6.17. The van der Waals surface area contributed by atoms with Gasteiger partial charge in [0, 0.05) is 27.8 Å². The third-order valence-electron chi connectivity index (χ3n) is 10.3. The van der Waals surface area contributed by atoms with Gasteiger partial charge in [-0.1, -0.05) is 146 Å². The molecule has 2 nitrogen and oxygen atoms in total. The van der Waals surface area contributed by atoms with E-state index in [9.17, 15) is 0 Å². The summed E-state index contributed by atoms with van der Waals surface area (Å²) in [5, 5.41) is 7.10. The van der Waals surface area contributed by atoms with E-state index >= 15 is 0 Å². The molecule has 2 heteroatoms. The number of para-hydroxylation sites is 2. The molecule has 0 aliphatic rings. The van der Waals surface area contributed by atoms with Gasteiger partial charge in [-0.15, -0.1) is 0 Å². The van der Waals surface area contributed by atoms with Gasteiger partial charge in [-0.05, 0) is 110 Å². The highest BCUT2D eigenvalue weighted by Gasteiger charge is 2.16. The van der Waals surface area contributed by atoms with Crippen molar-refractivity contribution < 1.29 is 4.42 Å². The first-order valence-corrected chi connectivity index (χ1v) is 17.8. The second-order valence-corrected chi connectivity index (χ2v) is 13.3. The summed E-state index contributed by atoms with van der Waals surface area (Å²) < 4.78 is 6.23. The summed E-state index contributed by atoms with van der Waals surface area (Å²) in [5.74, 6) is 0. The predicted octanol–water partition coefficient (Wildman–Crippen LogP) is 14.4. The summed E-state index contributed by atoms with van der Waals surface area (Å²) in [5.41, 5.74) is 12.4. The molecule has 0 aliphatic carbocycles. The van der Waals surface area contributed by atoms with Crippen LogP contribution >= 0.6 is 0 Å². The quantitative estimate of drug-likeness (QED) is 0.165. The standard InChI is InChI=1S/C50H33NO/c1-3-11-36(12-4-1)43-15-7-8-16-44(43)37-21-19-34(20-22-37)35-25-28-41(29-26-35)51(40-13-5-2-6-14-40)42-30-27-38-23-24-39-31-50-48(33-47(39)46(38)32-42)45-17-9-10-18-49(45)52-50/h1-33H. The van der Waals surface area contributed by atoms with Crippen molar-refractivity contribution in [2.75, 3.05) is 4.90 Å². The van der Waals surface area contributed by atoms with E-state index in [0.717, 1.165) is 39.0 Å². The third-order valence-corrected chi connectivity index (χ3v) is 10.3. The summed E-state index contributed by atoms with van der Waals surface area (Å²) in [4.78, 5) is 2.34. The molecular formula is C50H33NO. The van der Waals surface area contributed by atoms with E-state index in [1.807, 2.05) is 12.1 Å². The van der Waals surface area contributed by atoms with Crippen molar-refractivity contribution in [3.63, 3.8) is 0 Å². The maximum absolute atomic E-state index is 6.23. The Bertz CT molecular complexity index is 2870.